The first kappa shape index (κ1) is 12.4. The van der Waals surface area contributed by atoms with Crippen LogP contribution in [0.15, 0.2) is 12.1 Å². The Labute approximate surface area is 106 Å². The Morgan fingerprint density at radius 2 is 1.83 bits per heavy atom. The van der Waals surface area contributed by atoms with E-state index in [0.717, 1.165) is 22.4 Å². The lowest BCUT2D eigenvalue weighted by Gasteiger charge is -2.24. The van der Waals surface area contributed by atoms with Crippen LogP contribution in [-0.2, 0) is 10.3 Å². The van der Waals surface area contributed by atoms with Crippen molar-refractivity contribution in [1.29, 1.82) is 0 Å². The summed E-state index contributed by atoms with van der Waals surface area (Å²) in [5, 5.41) is 4.92. The first-order valence-electron chi connectivity index (χ1n) is 5.68. The molecule has 2 rings (SSSR count). The Kier molecular flexibility index (Phi) is 2.77. The van der Waals surface area contributed by atoms with Crippen molar-refractivity contribution in [3.63, 3.8) is 0 Å². The van der Waals surface area contributed by atoms with Crippen LogP contribution >= 0.6 is 0 Å². The summed E-state index contributed by atoms with van der Waals surface area (Å²) >= 11 is 0. The molecule has 5 nitrogen and oxygen atoms in total. The van der Waals surface area contributed by atoms with E-state index in [1.165, 1.54) is 0 Å². The molecule has 1 aromatic rings. The summed E-state index contributed by atoms with van der Waals surface area (Å²) in [6.45, 7) is 5.54. The van der Waals surface area contributed by atoms with Crippen LogP contribution in [0.3, 0.4) is 0 Å². The van der Waals surface area contributed by atoms with E-state index in [2.05, 4.69) is 10.6 Å². The maximum Gasteiger partial charge on any atom is 0.322 e. The molecule has 0 radical (unpaired) electrons. The molecule has 1 unspecified atom stereocenters. The minimum absolute atomic E-state index is 0.333. The van der Waals surface area contributed by atoms with Gasteiger partial charge in [0.15, 0.2) is 0 Å². The maximum atomic E-state index is 11.9. The summed E-state index contributed by atoms with van der Waals surface area (Å²) in [5.41, 5.74) is 1.67. The monoisotopic (exact) mass is 248 g/mol. The quantitative estimate of drug-likeness (QED) is 0.777. The van der Waals surface area contributed by atoms with E-state index in [4.69, 9.17) is 4.74 Å². The number of rotatable bonds is 2. The molecule has 1 aliphatic heterocycles. The number of urea groups is 1. The molecule has 0 aliphatic carbocycles. The molecule has 0 bridgehead atoms. The number of ether oxygens (including phenoxy) is 1. The van der Waals surface area contributed by atoms with Crippen LogP contribution in [-0.4, -0.2) is 19.0 Å². The zero-order valence-electron chi connectivity index (χ0n) is 10.9. The summed E-state index contributed by atoms with van der Waals surface area (Å²) in [7, 11) is 1.60. The zero-order chi connectivity index (χ0) is 13.5. The van der Waals surface area contributed by atoms with E-state index < -0.39 is 11.6 Å². The van der Waals surface area contributed by atoms with Crippen LogP contribution in [0.5, 0.6) is 5.75 Å². The van der Waals surface area contributed by atoms with Crippen molar-refractivity contribution in [2.24, 2.45) is 0 Å². The fourth-order valence-corrected chi connectivity index (χ4v) is 2.29. The lowest BCUT2D eigenvalue weighted by molar-refractivity contribution is -0.123. The Morgan fingerprint density at radius 1 is 1.17 bits per heavy atom. The average Bonchev–Trinajstić information content (AvgIpc) is 2.57. The lowest BCUT2D eigenvalue weighted by atomic mass is 9.86. The number of carbonyl (C=O) groups is 2. The smallest absolute Gasteiger partial charge is 0.322 e. The topological polar surface area (TPSA) is 67.4 Å². The Bertz CT molecular complexity index is 539. The molecule has 5 heteroatoms. The molecule has 1 fully saturated rings. The molecule has 1 atom stereocenters. The normalized spacial score (nSPS) is 22.7. The number of hydrogen-bond donors (Lipinski definition) is 2. The summed E-state index contributed by atoms with van der Waals surface area (Å²) in [5.74, 6) is 0.435. The molecule has 2 N–H and O–H groups in total. The number of nitrogens with one attached hydrogen (secondary N) is 2. The zero-order valence-corrected chi connectivity index (χ0v) is 10.9. The number of carbonyl (C=O) groups excluding carboxylic acids is 2. The maximum absolute atomic E-state index is 11.9. The molecule has 0 saturated carbocycles. The number of hydrogen-bond acceptors (Lipinski definition) is 3. The molecule has 1 aromatic carbocycles. The summed E-state index contributed by atoms with van der Waals surface area (Å²) in [4.78, 5) is 23.2. The predicted molar refractivity (Wildman–Crippen MR) is 66.5 cm³/mol. The molecule has 3 amide bonds. The van der Waals surface area contributed by atoms with Crippen molar-refractivity contribution in [3.05, 3.63) is 28.8 Å². The van der Waals surface area contributed by atoms with E-state index >= 15 is 0 Å². The van der Waals surface area contributed by atoms with E-state index in [-0.39, 0.29) is 5.91 Å². The van der Waals surface area contributed by atoms with Crippen molar-refractivity contribution in [2.75, 3.05) is 7.11 Å². The number of methoxy groups -OCH3 is 1. The third kappa shape index (κ3) is 1.63. The van der Waals surface area contributed by atoms with Gasteiger partial charge in [0, 0.05) is 0 Å². The highest BCUT2D eigenvalue weighted by Gasteiger charge is 2.44. The third-order valence-electron chi connectivity index (χ3n) is 3.54. The van der Waals surface area contributed by atoms with Crippen LogP contribution < -0.4 is 15.4 Å². The first-order chi connectivity index (χ1) is 8.40. The highest BCUT2D eigenvalue weighted by molar-refractivity contribution is 6.07. The van der Waals surface area contributed by atoms with Gasteiger partial charge in [0.1, 0.15) is 11.3 Å². The van der Waals surface area contributed by atoms with Gasteiger partial charge in [-0.05, 0) is 43.5 Å². The molecule has 96 valence electrons. The molecular weight excluding hydrogens is 232 g/mol. The molecule has 18 heavy (non-hydrogen) atoms. The SMILES string of the molecule is COc1ccc(C2(C)NC(=O)NC2=O)c(C)c1C. The minimum atomic E-state index is -1.02. The molecule has 1 heterocycles. The molecule has 1 aliphatic rings. The van der Waals surface area contributed by atoms with Crippen molar-refractivity contribution >= 4 is 11.9 Å². The van der Waals surface area contributed by atoms with Gasteiger partial charge in [-0.3, -0.25) is 10.1 Å². The second-order valence-electron chi connectivity index (χ2n) is 4.60. The van der Waals surface area contributed by atoms with Gasteiger partial charge in [0.05, 0.1) is 7.11 Å². The molecule has 0 spiro atoms. The van der Waals surface area contributed by atoms with E-state index in [1.807, 2.05) is 19.9 Å². The number of amides is 3. The number of imide groups is 1. The fourth-order valence-electron chi connectivity index (χ4n) is 2.29. The molecular formula is C13H16N2O3. The largest absolute Gasteiger partial charge is 0.496 e. The van der Waals surface area contributed by atoms with E-state index in [1.54, 1.807) is 20.1 Å². The predicted octanol–water partition coefficient (Wildman–Crippen LogP) is 1.37. The first-order valence-corrected chi connectivity index (χ1v) is 5.68. The summed E-state index contributed by atoms with van der Waals surface area (Å²) in [6, 6.07) is 3.16. The third-order valence-corrected chi connectivity index (χ3v) is 3.54. The van der Waals surface area contributed by atoms with Gasteiger partial charge in [-0.2, -0.15) is 0 Å². The second-order valence-corrected chi connectivity index (χ2v) is 4.60. The summed E-state index contributed by atoms with van der Waals surface area (Å²) in [6.07, 6.45) is 0. The standard InChI is InChI=1S/C13H16N2O3/c1-7-8(2)10(18-4)6-5-9(7)13(3)11(16)14-12(17)15-13/h5-6H,1-4H3,(H2,14,15,16,17). The average molecular weight is 248 g/mol. The van der Waals surface area contributed by atoms with Crippen molar-refractivity contribution in [2.45, 2.75) is 26.3 Å². The van der Waals surface area contributed by atoms with Crippen molar-refractivity contribution < 1.29 is 14.3 Å². The molecule has 0 aromatic heterocycles. The molecule has 1 saturated heterocycles. The number of benzene rings is 1. The van der Waals surface area contributed by atoms with Crippen LogP contribution in [0, 0.1) is 13.8 Å². The van der Waals surface area contributed by atoms with Crippen molar-refractivity contribution in [1.82, 2.24) is 10.6 Å². The van der Waals surface area contributed by atoms with Crippen LogP contribution in [0.2, 0.25) is 0 Å². The highest BCUT2D eigenvalue weighted by Crippen LogP contribution is 2.32. The highest BCUT2D eigenvalue weighted by atomic mass is 16.5. The van der Waals surface area contributed by atoms with E-state index in [9.17, 15) is 9.59 Å². The van der Waals surface area contributed by atoms with Gasteiger partial charge in [-0.15, -0.1) is 0 Å². The summed E-state index contributed by atoms with van der Waals surface area (Å²) < 4.78 is 5.24. The van der Waals surface area contributed by atoms with Crippen LogP contribution in [0.4, 0.5) is 4.79 Å². The van der Waals surface area contributed by atoms with Gasteiger partial charge in [-0.25, -0.2) is 4.79 Å². The van der Waals surface area contributed by atoms with Crippen molar-refractivity contribution in [3.8, 4) is 5.75 Å². The van der Waals surface area contributed by atoms with Gasteiger partial charge >= 0.3 is 6.03 Å². The minimum Gasteiger partial charge on any atom is -0.496 e. The van der Waals surface area contributed by atoms with Crippen LogP contribution in [0.25, 0.3) is 0 Å². The van der Waals surface area contributed by atoms with E-state index in [0.29, 0.717) is 0 Å². The van der Waals surface area contributed by atoms with Gasteiger partial charge in [-0.1, -0.05) is 6.07 Å². The second kappa shape index (κ2) is 4.01. The van der Waals surface area contributed by atoms with Gasteiger partial charge < -0.3 is 10.1 Å². The lowest BCUT2D eigenvalue weighted by Crippen LogP contribution is -2.41. The van der Waals surface area contributed by atoms with Crippen LogP contribution in [0.1, 0.15) is 23.6 Å². The van der Waals surface area contributed by atoms with Gasteiger partial charge in [0.25, 0.3) is 5.91 Å². The Balaban J connectivity index is 2.56. The van der Waals surface area contributed by atoms with Gasteiger partial charge in [0.2, 0.25) is 0 Å². The Hall–Kier alpha value is -2.04. The fraction of sp³-hybridized carbons (Fsp3) is 0.385. The Morgan fingerprint density at radius 3 is 2.33 bits per heavy atom.